The Balaban J connectivity index is 1.29. The van der Waals surface area contributed by atoms with Gasteiger partial charge in [-0.2, -0.15) is 4.58 Å². The highest BCUT2D eigenvalue weighted by Gasteiger charge is 2.45. The largest absolute Gasteiger partial charge is 0.743 e. The van der Waals surface area contributed by atoms with Crippen LogP contribution in [0.15, 0.2) is 143 Å². The van der Waals surface area contributed by atoms with Crippen LogP contribution in [-0.2, 0) is 20.9 Å². The summed E-state index contributed by atoms with van der Waals surface area (Å²) in [5, 5.41) is 4.67. The van der Waals surface area contributed by atoms with Crippen LogP contribution in [0.4, 0.5) is 11.4 Å². The van der Waals surface area contributed by atoms with E-state index in [0.29, 0.717) is 16.4 Å². The van der Waals surface area contributed by atoms with E-state index in [2.05, 4.69) is 80.1 Å². The predicted molar refractivity (Wildman–Crippen MR) is 202 cm³/mol. The maximum absolute atomic E-state index is 12.4. The molecule has 5 nitrogen and oxygen atoms in total. The second-order valence-electron chi connectivity index (χ2n) is 14.0. The van der Waals surface area contributed by atoms with Gasteiger partial charge in [0.15, 0.2) is 11.9 Å². The zero-order chi connectivity index (χ0) is 34.9. The Hall–Kier alpha value is -4.49. The van der Waals surface area contributed by atoms with Crippen molar-refractivity contribution in [1.82, 2.24) is 0 Å². The summed E-state index contributed by atoms with van der Waals surface area (Å²) in [5.41, 5.74) is 6.86. The third-order valence-electron chi connectivity index (χ3n) is 10.4. The molecule has 7 heteroatoms. The molecule has 7 rings (SSSR count). The van der Waals surface area contributed by atoms with E-state index >= 15 is 0 Å². The lowest BCUT2D eigenvalue weighted by Crippen LogP contribution is -2.28. The van der Waals surface area contributed by atoms with Gasteiger partial charge in [-0.05, 0) is 96.2 Å². The first kappa shape index (κ1) is 33.0. The third-order valence-corrected chi connectivity index (χ3v) is 11.7. The minimum atomic E-state index is -4.83. The standard InChI is InChI=1S/C42H39ClN2O3S/c1-7-44-34-23-19-28-13-8-10-17-32(28)38(34)41(3,4)36(44)25-21-30-15-12-16-31(40(30)43)22-26-37-42(5,6)39-33-18-11-9-14-29(33)20-24-35(39)45(37)27(2)49(46,47)48/h7-11,13-14,17-26H,1-2,12,15-16H2,3-6H3. The Bertz CT molecular complexity index is 2390. The van der Waals surface area contributed by atoms with Gasteiger partial charge in [-0.25, -0.2) is 8.42 Å². The van der Waals surface area contributed by atoms with Gasteiger partial charge in [0.25, 0.3) is 0 Å². The molecule has 0 fully saturated rings. The monoisotopic (exact) mass is 686 g/mol. The maximum Gasteiger partial charge on any atom is 0.215 e. The number of halogens is 1. The number of rotatable bonds is 6. The molecule has 1 aliphatic carbocycles. The summed E-state index contributed by atoms with van der Waals surface area (Å²) >= 11 is 7.15. The van der Waals surface area contributed by atoms with Crippen LogP contribution in [0.5, 0.6) is 0 Å². The molecular formula is C42H39ClN2O3S. The quantitative estimate of drug-likeness (QED) is 0.150. The van der Waals surface area contributed by atoms with Crippen molar-refractivity contribution in [2.45, 2.75) is 57.8 Å². The fourth-order valence-corrected chi connectivity index (χ4v) is 8.77. The van der Waals surface area contributed by atoms with E-state index in [4.69, 9.17) is 11.6 Å². The van der Waals surface area contributed by atoms with Crippen LogP contribution < -0.4 is 4.90 Å². The number of nitrogens with zero attached hydrogens (tertiary/aromatic N) is 2. The topological polar surface area (TPSA) is 63.5 Å². The van der Waals surface area contributed by atoms with E-state index in [1.54, 1.807) is 0 Å². The molecule has 248 valence electrons. The van der Waals surface area contributed by atoms with Crippen molar-refractivity contribution in [2.75, 3.05) is 4.90 Å². The van der Waals surface area contributed by atoms with Crippen LogP contribution in [0.3, 0.4) is 0 Å². The van der Waals surface area contributed by atoms with E-state index in [1.807, 2.05) is 68.6 Å². The Kier molecular flexibility index (Phi) is 7.98. The number of fused-ring (bicyclic) bond motifs is 6. The van der Waals surface area contributed by atoms with E-state index in [0.717, 1.165) is 58.1 Å². The lowest BCUT2D eigenvalue weighted by Gasteiger charge is -2.29. The molecule has 0 aromatic heterocycles. The highest BCUT2D eigenvalue weighted by Crippen LogP contribution is 2.53. The SMILES string of the molecule is C=C[N+]1=C(/C=C/C2=C(Cl)C(=C/C=C3/N(C(=C)S(=O)(=O)[O-])c4ccc5ccccc5c4C3(C)C)/CCC2)C(C)(C)c2c1ccc1ccccc21. The summed E-state index contributed by atoms with van der Waals surface area (Å²) in [7, 11) is -4.83. The number of benzene rings is 4. The summed E-state index contributed by atoms with van der Waals surface area (Å²) in [5.74, 6) is 0. The number of hydrogen-bond acceptors (Lipinski definition) is 4. The summed E-state index contributed by atoms with van der Waals surface area (Å²) in [6, 6.07) is 24.6. The molecule has 49 heavy (non-hydrogen) atoms. The molecule has 2 aliphatic heterocycles. The van der Waals surface area contributed by atoms with Crippen molar-refractivity contribution in [1.29, 1.82) is 0 Å². The third kappa shape index (κ3) is 5.25. The molecule has 4 aromatic rings. The zero-order valence-electron chi connectivity index (χ0n) is 28.3. The second kappa shape index (κ2) is 11.8. The van der Waals surface area contributed by atoms with E-state index in [1.165, 1.54) is 21.2 Å². The molecule has 0 saturated carbocycles. The number of hydrogen-bond donors (Lipinski definition) is 0. The molecule has 0 atom stereocenters. The Morgan fingerprint density at radius 3 is 2.14 bits per heavy atom. The highest BCUT2D eigenvalue weighted by atomic mass is 35.5. The first-order valence-electron chi connectivity index (χ1n) is 16.5. The second-order valence-corrected chi connectivity index (χ2v) is 15.8. The number of anilines is 1. The average molecular weight is 687 g/mol. The van der Waals surface area contributed by atoms with Crippen molar-refractivity contribution >= 4 is 60.4 Å². The van der Waals surface area contributed by atoms with E-state index in [9.17, 15) is 13.0 Å². The van der Waals surface area contributed by atoms with Gasteiger partial charge in [0.2, 0.25) is 5.69 Å². The molecule has 0 unspecified atom stereocenters. The van der Waals surface area contributed by atoms with Crippen LogP contribution in [0.2, 0.25) is 0 Å². The molecule has 4 aromatic carbocycles. The summed E-state index contributed by atoms with van der Waals surface area (Å²) < 4.78 is 39.3. The first-order valence-corrected chi connectivity index (χ1v) is 18.3. The predicted octanol–water partition coefficient (Wildman–Crippen LogP) is 10.4. The van der Waals surface area contributed by atoms with Gasteiger partial charge in [0.1, 0.15) is 15.1 Å². The maximum atomic E-state index is 12.4. The average Bonchev–Trinajstić information content (AvgIpc) is 3.44. The molecule has 2 heterocycles. The van der Waals surface area contributed by atoms with E-state index < -0.39 is 20.6 Å². The number of allylic oxidation sites excluding steroid dienone is 8. The van der Waals surface area contributed by atoms with E-state index in [-0.39, 0.29) is 5.41 Å². The van der Waals surface area contributed by atoms with Gasteiger partial charge in [-0.15, -0.1) is 0 Å². The molecule has 0 N–H and O–H groups in total. The minimum absolute atomic E-state index is 0.271. The summed E-state index contributed by atoms with van der Waals surface area (Å²) in [6.45, 7) is 16.5. The van der Waals surface area contributed by atoms with Gasteiger partial charge in [0, 0.05) is 33.9 Å². The highest BCUT2D eigenvalue weighted by molar-refractivity contribution is 7.89. The van der Waals surface area contributed by atoms with Crippen LogP contribution in [0.25, 0.3) is 21.5 Å². The van der Waals surface area contributed by atoms with Crippen LogP contribution >= 0.6 is 11.6 Å². The molecule has 0 bridgehead atoms. The Labute approximate surface area is 294 Å². The normalized spacial score (nSPS) is 20.2. The van der Waals surface area contributed by atoms with Crippen molar-refractivity contribution in [2.24, 2.45) is 0 Å². The van der Waals surface area contributed by atoms with Crippen molar-refractivity contribution in [3.63, 3.8) is 0 Å². The summed E-state index contributed by atoms with van der Waals surface area (Å²) in [4.78, 5) is 1.51. The molecule has 3 aliphatic rings. The molecule has 0 saturated heterocycles. The molecule has 0 radical (unpaired) electrons. The van der Waals surface area contributed by atoms with Crippen molar-refractivity contribution in [3.05, 3.63) is 154 Å². The van der Waals surface area contributed by atoms with Gasteiger partial charge in [-0.3, -0.25) is 0 Å². The lowest BCUT2D eigenvalue weighted by molar-refractivity contribution is -0.355. The molecule has 0 spiro atoms. The smallest absolute Gasteiger partial charge is 0.215 e. The van der Waals surface area contributed by atoms with Crippen LogP contribution in [0, 0.1) is 0 Å². The summed E-state index contributed by atoms with van der Waals surface area (Å²) in [6.07, 6.45) is 12.6. The van der Waals surface area contributed by atoms with Gasteiger partial charge < -0.3 is 9.45 Å². The zero-order valence-corrected chi connectivity index (χ0v) is 29.8. The van der Waals surface area contributed by atoms with Crippen LogP contribution in [0.1, 0.15) is 58.1 Å². The lowest BCUT2D eigenvalue weighted by atomic mass is 9.78. The van der Waals surface area contributed by atoms with Crippen molar-refractivity contribution in [3.8, 4) is 0 Å². The van der Waals surface area contributed by atoms with Crippen LogP contribution in [-0.4, -0.2) is 23.3 Å². The molecular weight excluding hydrogens is 648 g/mol. The van der Waals surface area contributed by atoms with Crippen molar-refractivity contribution < 1.29 is 17.5 Å². The fourth-order valence-electron chi connectivity index (χ4n) is 8.03. The minimum Gasteiger partial charge on any atom is -0.743 e. The molecule has 0 amide bonds. The van der Waals surface area contributed by atoms with Gasteiger partial charge >= 0.3 is 0 Å². The Morgan fingerprint density at radius 1 is 0.857 bits per heavy atom. The first-order chi connectivity index (χ1) is 23.3. The Morgan fingerprint density at radius 2 is 1.49 bits per heavy atom. The van der Waals surface area contributed by atoms with Gasteiger partial charge in [0.05, 0.1) is 11.1 Å². The fraction of sp³-hybridized carbons (Fsp3) is 0.214. The van der Waals surface area contributed by atoms with Gasteiger partial charge in [-0.1, -0.05) is 98.8 Å².